The molecule has 1 rings (SSSR count). The largest absolute Gasteiger partial charge is 0.492 e. The fraction of sp³-hybridized carbons (Fsp3) is 0.643. The van der Waals surface area contributed by atoms with Crippen molar-refractivity contribution < 1.29 is 4.74 Å². The van der Waals surface area contributed by atoms with Crippen LogP contribution in [0.4, 0.5) is 0 Å². The number of ether oxygens (including phenoxy) is 1. The molecule has 1 aromatic heterocycles. The molecule has 0 radical (unpaired) electrons. The Bertz CT molecular complexity index is 331. The Morgan fingerprint density at radius 1 is 1.28 bits per heavy atom. The van der Waals surface area contributed by atoms with E-state index in [-0.39, 0.29) is 0 Å². The summed E-state index contributed by atoms with van der Waals surface area (Å²) in [5.41, 5.74) is 0. The summed E-state index contributed by atoms with van der Waals surface area (Å²) in [5, 5.41) is 3.44. The second-order valence-corrected chi connectivity index (χ2v) is 5.76. The second kappa shape index (κ2) is 9.34. The van der Waals surface area contributed by atoms with Gasteiger partial charge in [0.05, 0.1) is 12.8 Å². The lowest BCUT2D eigenvalue weighted by atomic mass is 10.2. The van der Waals surface area contributed by atoms with Gasteiger partial charge in [0.25, 0.3) is 0 Å². The van der Waals surface area contributed by atoms with E-state index in [1.54, 1.807) is 12.4 Å². The topological polar surface area (TPSA) is 34.1 Å². The third kappa shape index (κ3) is 7.67. The number of hydrogen-bond acceptors (Lipinski definition) is 3. The van der Waals surface area contributed by atoms with Crippen molar-refractivity contribution in [2.24, 2.45) is 5.92 Å². The number of unbranched alkanes of at least 4 members (excludes halogenated alkanes) is 2. The monoisotopic (exact) mass is 314 g/mol. The molecule has 0 aliphatic rings. The normalized spacial score (nSPS) is 10.9. The smallest absolute Gasteiger partial charge is 0.138 e. The molecule has 0 spiro atoms. The number of aromatic nitrogens is 1. The molecule has 0 saturated heterocycles. The van der Waals surface area contributed by atoms with Gasteiger partial charge in [-0.15, -0.1) is 0 Å². The van der Waals surface area contributed by atoms with E-state index in [1.165, 1.54) is 12.8 Å². The minimum absolute atomic E-state index is 0.734. The lowest BCUT2D eigenvalue weighted by Gasteiger charge is -2.08. The first-order valence-electron chi connectivity index (χ1n) is 6.62. The van der Waals surface area contributed by atoms with Gasteiger partial charge in [-0.3, -0.25) is 4.98 Å². The second-order valence-electron chi connectivity index (χ2n) is 4.85. The lowest BCUT2D eigenvalue weighted by Crippen LogP contribution is -2.20. The molecule has 1 N–H and O–H groups in total. The Balaban J connectivity index is 1.96. The summed E-state index contributed by atoms with van der Waals surface area (Å²) in [6, 6.07) is 1.94. The van der Waals surface area contributed by atoms with Crippen molar-refractivity contribution in [3.8, 4) is 5.75 Å². The Labute approximate surface area is 118 Å². The van der Waals surface area contributed by atoms with Crippen molar-refractivity contribution in [1.82, 2.24) is 10.3 Å². The molecule has 0 amide bonds. The summed E-state index contributed by atoms with van der Waals surface area (Å²) in [7, 11) is 0. The molecule has 4 heteroatoms. The van der Waals surface area contributed by atoms with Crippen LogP contribution in [0.3, 0.4) is 0 Å². The highest BCUT2D eigenvalue weighted by atomic mass is 79.9. The fourth-order valence-corrected chi connectivity index (χ4v) is 1.92. The highest BCUT2D eigenvalue weighted by Crippen LogP contribution is 2.15. The van der Waals surface area contributed by atoms with Gasteiger partial charge in [0.1, 0.15) is 5.75 Å². The summed E-state index contributed by atoms with van der Waals surface area (Å²) in [6.07, 6.45) is 7.01. The van der Waals surface area contributed by atoms with Crippen LogP contribution in [-0.4, -0.2) is 24.7 Å². The number of halogens is 1. The quantitative estimate of drug-likeness (QED) is 0.707. The molecule has 0 fully saturated rings. The van der Waals surface area contributed by atoms with Crippen LogP contribution in [0.2, 0.25) is 0 Å². The predicted molar refractivity (Wildman–Crippen MR) is 79.0 cm³/mol. The van der Waals surface area contributed by atoms with Gasteiger partial charge in [-0.05, 0) is 60.3 Å². The molecule has 18 heavy (non-hydrogen) atoms. The van der Waals surface area contributed by atoms with Crippen molar-refractivity contribution in [3.63, 3.8) is 0 Å². The van der Waals surface area contributed by atoms with Crippen LogP contribution in [0.5, 0.6) is 5.75 Å². The van der Waals surface area contributed by atoms with Gasteiger partial charge in [0.15, 0.2) is 0 Å². The first kappa shape index (κ1) is 15.4. The lowest BCUT2D eigenvalue weighted by molar-refractivity contribution is 0.303. The maximum absolute atomic E-state index is 5.62. The minimum Gasteiger partial charge on any atom is -0.492 e. The summed E-state index contributed by atoms with van der Waals surface area (Å²) < 4.78 is 6.58. The van der Waals surface area contributed by atoms with Crippen molar-refractivity contribution in [3.05, 3.63) is 22.9 Å². The summed E-state index contributed by atoms with van der Waals surface area (Å²) in [5.74, 6) is 1.57. The summed E-state index contributed by atoms with van der Waals surface area (Å²) >= 11 is 3.37. The fourth-order valence-electron chi connectivity index (χ4n) is 1.58. The molecular weight excluding hydrogens is 292 g/mol. The third-order valence-electron chi connectivity index (χ3n) is 2.50. The van der Waals surface area contributed by atoms with E-state index in [9.17, 15) is 0 Å². The molecule has 0 unspecified atom stereocenters. The maximum Gasteiger partial charge on any atom is 0.138 e. The first-order valence-corrected chi connectivity index (χ1v) is 7.42. The van der Waals surface area contributed by atoms with Crippen molar-refractivity contribution >= 4 is 15.9 Å². The Kier molecular flexibility index (Phi) is 8.01. The number of rotatable bonds is 9. The zero-order chi connectivity index (χ0) is 13.2. The zero-order valence-electron chi connectivity index (χ0n) is 11.3. The van der Waals surface area contributed by atoms with E-state index in [1.807, 2.05) is 6.07 Å². The standard InChI is InChI=1S/C14H23BrN2O/c1-12(2)9-16-6-4-3-5-7-18-14-8-13(15)10-17-11-14/h8,10-12,16H,3-7,9H2,1-2H3. The number of nitrogens with zero attached hydrogens (tertiary/aromatic N) is 1. The molecule has 0 aromatic carbocycles. The first-order chi connectivity index (χ1) is 8.68. The van der Waals surface area contributed by atoms with E-state index in [2.05, 4.69) is 40.1 Å². The molecule has 0 bridgehead atoms. The highest BCUT2D eigenvalue weighted by molar-refractivity contribution is 9.10. The highest BCUT2D eigenvalue weighted by Gasteiger charge is 1.96. The Morgan fingerprint density at radius 2 is 2.11 bits per heavy atom. The van der Waals surface area contributed by atoms with Crippen LogP contribution in [0.1, 0.15) is 33.1 Å². The van der Waals surface area contributed by atoms with Crippen LogP contribution in [0, 0.1) is 5.92 Å². The molecule has 102 valence electrons. The summed E-state index contributed by atoms with van der Waals surface area (Å²) in [4.78, 5) is 4.06. The van der Waals surface area contributed by atoms with Crippen LogP contribution in [-0.2, 0) is 0 Å². The van der Waals surface area contributed by atoms with E-state index in [4.69, 9.17) is 4.74 Å². The van der Waals surface area contributed by atoms with Gasteiger partial charge in [0.2, 0.25) is 0 Å². The van der Waals surface area contributed by atoms with E-state index in [0.29, 0.717) is 0 Å². The Morgan fingerprint density at radius 3 is 2.83 bits per heavy atom. The van der Waals surface area contributed by atoms with Gasteiger partial charge in [-0.1, -0.05) is 13.8 Å². The van der Waals surface area contributed by atoms with Crippen LogP contribution in [0.25, 0.3) is 0 Å². The number of pyridine rings is 1. The minimum atomic E-state index is 0.734. The van der Waals surface area contributed by atoms with Crippen molar-refractivity contribution in [1.29, 1.82) is 0 Å². The third-order valence-corrected chi connectivity index (χ3v) is 2.93. The van der Waals surface area contributed by atoms with Gasteiger partial charge in [0, 0.05) is 10.7 Å². The summed E-state index contributed by atoms with van der Waals surface area (Å²) in [6.45, 7) is 7.44. The van der Waals surface area contributed by atoms with Crippen LogP contribution >= 0.6 is 15.9 Å². The van der Waals surface area contributed by atoms with Gasteiger partial charge in [-0.25, -0.2) is 0 Å². The van der Waals surface area contributed by atoms with Gasteiger partial charge < -0.3 is 10.1 Å². The van der Waals surface area contributed by atoms with E-state index in [0.717, 1.165) is 42.3 Å². The molecule has 0 saturated carbocycles. The molecule has 0 atom stereocenters. The van der Waals surface area contributed by atoms with Crippen molar-refractivity contribution in [2.75, 3.05) is 19.7 Å². The van der Waals surface area contributed by atoms with E-state index < -0.39 is 0 Å². The SMILES string of the molecule is CC(C)CNCCCCCOc1cncc(Br)c1. The molecule has 1 aromatic rings. The zero-order valence-corrected chi connectivity index (χ0v) is 12.9. The molecular formula is C14H23BrN2O. The Hall–Kier alpha value is -0.610. The van der Waals surface area contributed by atoms with E-state index >= 15 is 0 Å². The van der Waals surface area contributed by atoms with Crippen LogP contribution < -0.4 is 10.1 Å². The predicted octanol–water partition coefficient (Wildman–Crippen LogP) is 3.64. The number of nitrogens with one attached hydrogen (secondary N) is 1. The number of hydrogen-bond donors (Lipinski definition) is 1. The molecule has 0 aliphatic carbocycles. The van der Waals surface area contributed by atoms with Gasteiger partial charge in [-0.2, -0.15) is 0 Å². The molecule has 1 heterocycles. The van der Waals surface area contributed by atoms with Crippen molar-refractivity contribution in [2.45, 2.75) is 33.1 Å². The molecule has 0 aliphatic heterocycles. The van der Waals surface area contributed by atoms with Crippen LogP contribution in [0.15, 0.2) is 22.9 Å². The maximum atomic E-state index is 5.62. The molecule has 3 nitrogen and oxygen atoms in total. The average molecular weight is 315 g/mol. The van der Waals surface area contributed by atoms with Gasteiger partial charge >= 0.3 is 0 Å². The average Bonchev–Trinajstić information content (AvgIpc) is 2.32.